The molecule has 0 bridgehead atoms. The highest BCUT2D eigenvalue weighted by atomic mass is 16.5. The Hall–Kier alpha value is -0.160. The van der Waals surface area contributed by atoms with Crippen molar-refractivity contribution >= 4 is 0 Å². The average Bonchev–Trinajstić information content (AvgIpc) is 2.44. The number of nitrogens with zero attached hydrogens (tertiary/aromatic N) is 1. The molecule has 4 heteroatoms. The molecule has 0 aromatic carbocycles. The van der Waals surface area contributed by atoms with Crippen LogP contribution in [0.15, 0.2) is 0 Å². The maximum absolute atomic E-state index is 6.09. The van der Waals surface area contributed by atoms with Gasteiger partial charge in [-0.05, 0) is 25.7 Å². The maximum atomic E-state index is 6.09. The summed E-state index contributed by atoms with van der Waals surface area (Å²) in [6.07, 6.45) is 6.76. The minimum atomic E-state index is 0.399. The molecule has 2 N–H and O–H groups in total. The zero-order valence-corrected chi connectivity index (χ0v) is 12.9. The highest BCUT2D eigenvalue weighted by Crippen LogP contribution is 2.29. The smallest absolute Gasteiger partial charge is 0.0615 e. The van der Waals surface area contributed by atoms with Gasteiger partial charge >= 0.3 is 0 Å². The van der Waals surface area contributed by atoms with Gasteiger partial charge in [-0.3, -0.25) is 4.90 Å². The molecule has 0 aromatic heterocycles. The van der Waals surface area contributed by atoms with Crippen molar-refractivity contribution in [1.82, 2.24) is 4.90 Å². The fourth-order valence-corrected chi connectivity index (χ4v) is 3.36. The quantitative estimate of drug-likeness (QED) is 0.696. The van der Waals surface area contributed by atoms with E-state index in [-0.39, 0.29) is 0 Å². The van der Waals surface area contributed by atoms with E-state index in [1.165, 1.54) is 32.1 Å². The van der Waals surface area contributed by atoms with Gasteiger partial charge < -0.3 is 15.2 Å². The first kappa shape index (κ1) is 16.9. The number of methoxy groups -OCH3 is 2. The predicted octanol–water partition coefficient (Wildman–Crippen LogP) is 1.88. The van der Waals surface area contributed by atoms with Crippen LogP contribution in [-0.2, 0) is 9.47 Å². The van der Waals surface area contributed by atoms with Crippen LogP contribution in [-0.4, -0.2) is 57.5 Å². The van der Waals surface area contributed by atoms with Crippen molar-refractivity contribution in [3.63, 3.8) is 0 Å². The molecule has 114 valence electrons. The second-order valence-corrected chi connectivity index (χ2v) is 5.74. The van der Waals surface area contributed by atoms with Gasteiger partial charge in [0.2, 0.25) is 0 Å². The van der Waals surface area contributed by atoms with E-state index in [1.54, 1.807) is 14.2 Å². The highest BCUT2D eigenvalue weighted by molar-refractivity contribution is 4.85. The minimum absolute atomic E-state index is 0.399. The van der Waals surface area contributed by atoms with Crippen LogP contribution in [0.1, 0.15) is 39.0 Å². The first-order valence-corrected chi connectivity index (χ1v) is 7.68. The van der Waals surface area contributed by atoms with Crippen LogP contribution in [0.3, 0.4) is 0 Å². The van der Waals surface area contributed by atoms with E-state index in [0.717, 1.165) is 32.2 Å². The molecule has 1 aliphatic carbocycles. The van der Waals surface area contributed by atoms with Crippen molar-refractivity contribution in [2.75, 3.05) is 40.5 Å². The standard InChI is InChI=1S/C15H32N2O2/c1-13(12-19-3)17(9-10-18-2)15(11-16)14-7-5-4-6-8-14/h13-15H,4-12,16H2,1-3H3. The molecule has 4 nitrogen and oxygen atoms in total. The van der Waals surface area contributed by atoms with Gasteiger partial charge in [-0.1, -0.05) is 19.3 Å². The summed E-state index contributed by atoms with van der Waals surface area (Å²) in [6, 6.07) is 0.872. The number of nitrogens with two attached hydrogens (primary N) is 1. The van der Waals surface area contributed by atoms with E-state index in [2.05, 4.69) is 11.8 Å². The molecular formula is C15H32N2O2. The molecule has 1 aliphatic rings. The lowest BCUT2D eigenvalue weighted by Crippen LogP contribution is -2.52. The Morgan fingerprint density at radius 3 is 2.37 bits per heavy atom. The monoisotopic (exact) mass is 272 g/mol. The molecule has 1 saturated carbocycles. The molecule has 0 heterocycles. The lowest BCUT2D eigenvalue weighted by molar-refractivity contribution is 0.0235. The molecule has 0 amide bonds. The SMILES string of the molecule is COCCN(C(C)COC)C(CN)C1CCCCC1. The van der Waals surface area contributed by atoms with Crippen molar-refractivity contribution in [2.24, 2.45) is 11.7 Å². The summed E-state index contributed by atoms with van der Waals surface area (Å²) in [5.74, 6) is 0.745. The molecule has 0 radical (unpaired) electrons. The lowest BCUT2D eigenvalue weighted by atomic mass is 9.82. The molecule has 2 atom stereocenters. The molecule has 19 heavy (non-hydrogen) atoms. The first-order valence-electron chi connectivity index (χ1n) is 7.68. The number of hydrogen-bond donors (Lipinski definition) is 1. The van der Waals surface area contributed by atoms with Crippen molar-refractivity contribution < 1.29 is 9.47 Å². The van der Waals surface area contributed by atoms with E-state index >= 15 is 0 Å². The Kier molecular flexibility index (Phi) is 8.62. The van der Waals surface area contributed by atoms with Gasteiger partial charge in [0.25, 0.3) is 0 Å². The average molecular weight is 272 g/mol. The van der Waals surface area contributed by atoms with Crippen LogP contribution in [0.2, 0.25) is 0 Å². The van der Waals surface area contributed by atoms with Crippen LogP contribution in [0.4, 0.5) is 0 Å². The van der Waals surface area contributed by atoms with Crippen LogP contribution < -0.4 is 5.73 Å². The summed E-state index contributed by atoms with van der Waals surface area (Å²) in [6.45, 7) is 5.43. The van der Waals surface area contributed by atoms with Crippen LogP contribution in [0, 0.1) is 5.92 Å². The molecule has 0 aliphatic heterocycles. The van der Waals surface area contributed by atoms with Crippen LogP contribution in [0.5, 0.6) is 0 Å². The van der Waals surface area contributed by atoms with E-state index in [0.29, 0.717) is 12.1 Å². The maximum Gasteiger partial charge on any atom is 0.0615 e. The molecule has 0 aromatic rings. The van der Waals surface area contributed by atoms with Crippen molar-refractivity contribution in [3.05, 3.63) is 0 Å². The summed E-state index contributed by atoms with van der Waals surface area (Å²) < 4.78 is 10.6. The van der Waals surface area contributed by atoms with Crippen molar-refractivity contribution in [2.45, 2.75) is 51.1 Å². The Labute approximate surface area is 118 Å². The largest absolute Gasteiger partial charge is 0.383 e. The van der Waals surface area contributed by atoms with Crippen molar-refractivity contribution in [3.8, 4) is 0 Å². The third-order valence-corrected chi connectivity index (χ3v) is 4.39. The highest BCUT2D eigenvalue weighted by Gasteiger charge is 2.30. The number of ether oxygens (including phenoxy) is 2. The molecule has 0 spiro atoms. The van der Waals surface area contributed by atoms with E-state index < -0.39 is 0 Å². The van der Waals surface area contributed by atoms with E-state index in [1.807, 2.05) is 0 Å². The summed E-state index contributed by atoms with van der Waals surface area (Å²) in [5.41, 5.74) is 6.09. The predicted molar refractivity (Wildman–Crippen MR) is 79.3 cm³/mol. The van der Waals surface area contributed by atoms with Crippen LogP contribution >= 0.6 is 0 Å². The zero-order chi connectivity index (χ0) is 14.1. The molecule has 1 rings (SSSR count). The van der Waals surface area contributed by atoms with Gasteiger partial charge in [-0.25, -0.2) is 0 Å². The molecule has 2 unspecified atom stereocenters. The Balaban J connectivity index is 2.66. The third-order valence-electron chi connectivity index (χ3n) is 4.39. The van der Waals surface area contributed by atoms with Crippen LogP contribution in [0.25, 0.3) is 0 Å². The second kappa shape index (κ2) is 9.70. The van der Waals surface area contributed by atoms with Gasteiger partial charge in [0.05, 0.1) is 13.2 Å². The Morgan fingerprint density at radius 1 is 1.16 bits per heavy atom. The van der Waals surface area contributed by atoms with Gasteiger partial charge in [-0.2, -0.15) is 0 Å². The molecular weight excluding hydrogens is 240 g/mol. The fraction of sp³-hybridized carbons (Fsp3) is 1.00. The zero-order valence-electron chi connectivity index (χ0n) is 12.9. The van der Waals surface area contributed by atoms with E-state index in [9.17, 15) is 0 Å². The summed E-state index contributed by atoms with van der Waals surface area (Å²) in [5, 5.41) is 0. The topological polar surface area (TPSA) is 47.7 Å². The molecule has 1 fully saturated rings. The Bertz CT molecular complexity index is 220. The summed E-state index contributed by atoms with van der Waals surface area (Å²) in [4.78, 5) is 2.50. The van der Waals surface area contributed by atoms with Gasteiger partial charge in [0, 0.05) is 39.4 Å². The van der Waals surface area contributed by atoms with E-state index in [4.69, 9.17) is 15.2 Å². The summed E-state index contributed by atoms with van der Waals surface area (Å²) >= 11 is 0. The lowest BCUT2D eigenvalue weighted by Gasteiger charge is -2.41. The summed E-state index contributed by atoms with van der Waals surface area (Å²) in [7, 11) is 3.53. The number of rotatable bonds is 9. The fourth-order valence-electron chi connectivity index (χ4n) is 3.36. The first-order chi connectivity index (χ1) is 9.24. The van der Waals surface area contributed by atoms with Crippen molar-refractivity contribution in [1.29, 1.82) is 0 Å². The third kappa shape index (κ3) is 5.38. The van der Waals surface area contributed by atoms with Gasteiger partial charge in [0.1, 0.15) is 0 Å². The van der Waals surface area contributed by atoms with Gasteiger partial charge in [0.15, 0.2) is 0 Å². The Morgan fingerprint density at radius 2 is 1.84 bits per heavy atom. The molecule has 0 saturated heterocycles. The minimum Gasteiger partial charge on any atom is -0.383 e. The number of hydrogen-bond acceptors (Lipinski definition) is 4. The normalized spacial score (nSPS) is 20.7. The second-order valence-electron chi connectivity index (χ2n) is 5.74. The van der Waals surface area contributed by atoms with Gasteiger partial charge in [-0.15, -0.1) is 0 Å².